The number of hydrogen-bond acceptors (Lipinski definition) is 6. The number of benzene rings is 2. The molecule has 0 aliphatic carbocycles. The Morgan fingerprint density at radius 2 is 1.83 bits per heavy atom. The predicted octanol–water partition coefficient (Wildman–Crippen LogP) is 4.75. The van der Waals surface area contributed by atoms with Crippen LogP contribution in [0.2, 0.25) is 5.02 Å². The van der Waals surface area contributed by atoms with Crippen LogP contribution in [0.4, 0.5) is 0 Å². The van der Waals surface area contributed by atoms with Gasteiger partial charge in [0.05, 0.1) is 6.42 Å². The van der Waals surface area contributed by atoms with E-state index in [9.17, 15) is 9.59 Å². The molecule has 7 heteroatoms. The number of nitrogens with zero attached hydrogens (tertiary/aromatic N) is 2. The normalized spacial score (nSPS) is 11.9. The van der Waals surface area contributed by atoms with Crippen molar-refractivity contribution in [3.63, 3.8) is 0 Å². The molecular weight excluding hydrogens is 392 g/mol. The Labute approximate surface area is 173 Å². The molecular formula is C22H21ClN2O4. The molecule has 0 aliphatic rings. The third kappa shape index (κ3) is 5.29. The van der Waals surface area contributed by atoms with Gasteiger partial charge >= 0.3 is 5.97 Å². The number of ketones is 1. The summed E-state index contributed by atoms with van der Waals surface area (Å²) in [6, 6.07) is 12.5. The van der Waals surface area contributed by atoms with Crippen LogP contribution in [0.3, 0.4) is 0 Å². The summed E-state index contributed by atoms with van der Waals surface area (Å²) < 4.78 is 10.4. The molecule has 0 saturated heterocycles. The van der Waals surface area contributed by atoms with Crippen LogP contribution in [0.25, 0.3) is 11.4 Å². The lowest BCUT2D eigenvalue weighted by atomic mass is 10.0. The SMILES string of the molecule is Cc1ccc(C(=O)C(C)OC(=O)CCc2nc(-c3ccc(Cl)cc3)no2)cc1C. The molecule has 2 aromatic carbocycles. The van der Waals surface area contributed by atoms with Gasteiger partial charge in [0.2, 0.25) is 17.5 Å². The molecule has 1 aromatic heterocycles. The number of carbonyl (C=O) groups is 2. The molecule has 0 N–H and O–H groups in total. The Morgan fingerprint density at radius 1 is 1.10 bits per heavy atom. The Morgan fingerprint density at radius 3 is 2.52 bits per heavy atom. The fourth-order valence-corrected chi connectivity index (χ4v) is 2.85. The van der Waals surface area contributed by atoms with Gasteiger partial charge < -0.3 is 9.26 Å². The molecule has 6 nitrogen and oxygen atoms in total. The lowest BCUT2D eigenvalue weighted by Gasteiger charge is -2.13. The first kappa shape index (κ1) is 20.7. The van der Waals surface area contributed by atoms with Crippen LogP contribution in [-0.4, -0.2) is 28.0 Å². The smallest absolute Gasteiger partial charge is 0.307 e. The first-order valence-corrected chi connectivity index (χ1v) is 9.61. The van der Waals surface area contributed by atoms with Crippen molar-refractivity contribution in [2.24, 2.45) is 0 Å². The summed E-state index contributed by atoms with van der Waals surface area (Å²) in [6.45, 7) is 5.48. The molecule has 0 radical (unpaired) electrons. The van der Waals surface area contributed by atoms with E-state index in [-0.39, 0.29) is 18.6 Å². The molecule has 1 heterocycles. The monoisotopic (exact) mass is 412 g/mol. The number of aryl methyl sites for hydroxylation is 3. The Hall–Kier alpha value is -2.99. The van der Waals surface area contributed by atoms with Gasteiger partial charge in [0.1, 0.15) is 0 Å². The van der Waals surface area contributed by atoms with Gasteiger partial charge in [-0.15, -0.1) is 0 Å². The average molecular weight is 413 g/mol. The molecule has 1 atom stereocenters. The van der Waals surface area contributed by atoms with Crippen LogP contribution in [0.1, 0.15) is 40.7 Å². The lowest BCUT2D eigenvalue weighted by Crippen LogP contribution is -2.24. The topological polar surface area (TPSA) is 82.3 Å². The molecule has 0 saturated carbocycles. The summed E-state index contributed by atoms with van der Waals surface area (Å²) in [5, 5.41) is 4.52. The van der Waals surface area contributed by atoms with E-state index in [1.807, 2.05) is 19.9 Å². The second-order valence-corrected chi connectivity index (χ2v) is 7.25. The van der Waals surface area contributed by atoms with Crippen LogP contribution in [-0.2, 0) is 16.0 Å². The summed E-state index contributed by atoms with van der Waals surface area (Å²) in [5.74, 6) is 0.00792. The summed E-state index contributed by atoms with van der Waals surface area (Å²) in [5.41, 5.74) is 3.41. The highest BCUT2D eigenvalue weighted by molar-refractivity contribution is 6.30. The molecule has 0 bridgehead atoms. The van der Waals surface area contributed by atoms with Gasteiger partial charge in [-0.05, 0) is 62.2 Å². The maximum atomic E-state index is 12.5. The van der Waals surface area contributed by atoms with Crippen LogP contribution in [0, 0.1) is 13.8 Å². The van der Waals surface area contributed by atoms with Gasteiger partial charge in [-0.1, -0.05) is 28.9 Å². The molecule has 0 amide bonds. The summed E-state index contributed by atoms with van der Waals surface area (Å²) in [4.78, 5) is 28.9. The fourth-order valence-electron chi connectivity index (χ4n) is 2.72. The molecule has 3 rings (SSSR count). The second kappa shape index (κ2) is 9.01. The third-order valence-corrected chi connectivity index (χ3v) is 4.83. The van der Waals surface area contributed by atoms with Crippen LogP contribution in [0.5, 0.6) is 0 Å². The van der Waals surface area contributed by atoms with Gasteiger partial charge in [0.15, 0.2) is 6.10 Å². The largest absolute Gasteiger partial charge is 0.454 e. The van der Waals surface area contributed by atoms with Crippen molar-refractivity contribution in [1.29, 1.82) is 0 Å². The number of ether oxygens (including phenoxy) is 1. The molecule has 0 fully saturated rings. The minimum Gasteiger partial charge on any atom is -0.454 e. The van der Waals surface area contributed by atoms with E-state index in [1.165, 1.54) is 0 Å². The maximum absolute atomic E-state index is 12.5. The number of Topliss-reactive ketones (excluding diaryl/α,β-unsaturated/α-hetero) is 1. The highest BCUT2D eigenvalue weighted by Crippen LogP contribution is 2.19. The minimum atomic E-state index is -0.864. The Kier molecular flexibility index (Phi) is 6.44. The van der Waals surface area contributed by atoms with Crippen molar-refractivity contribution in [1.82, 2.24) is 10.1 Å². The van der Waals surface area contributed by atoms with Crippen molar-refractivity contribution >= 4 is 23.4 Å². The van der Waals surface area contributed by atoms with Crippen molar-refractivity contribution in [2.45, 2.75) is 39.7 Å². The second-order valence-electron chi connectivity index (χ2n) is 6.81. The first-order valence-electron chi connectivity index (χ1n) is 9.23. The quantitative estimate of drug-likeness (QED) is 0.411. The minimum absolute atomic E-state index is 0.0345. The fraction of sp³-hybridized carbons (Fsp3) is 0.273. The highest BCUT2D eigenvalue weighted by Gasteiger charge is 2.20. The number of aromatic nitrogens is 2. The van der Waals surface area contributed by atoms with E-state index in [0.717, 1.165) is 16.7 Å². The molecule has 3 aromatic rings. The molecule has 0 spiro atoms. The number of rotatable bonds is 7. The zero-order chi connectivity index (χ0) is 21.0. The lowest BCUT2D eigenvalue weighted by molar-refractivity contribution is -0.146. The van der Waals surface area contributed by atoms with Gasteiger partial charge in [0, 0.05) is 22.6 Å². The van der Waals surface area contributed by atoms with Crippen molar-refractivity contribution in [3.8, 4) is 11.4 Å². The van der Waals surface area contributed by atoms with Crippen molar-refractivity contribution in [3.05, 3.63) is 70.1 Å². The van der Waals surface area contributed by atoms with Gasteiger partial charge in [-0.3, -0.25) is 9.59 Å². The summed E-state index contributed by atoms with van der Waals surface area (Å²) in [6.07, 6.45) is -0.603. The zero-order valence-electron chi connectivity index (χ0n) is 16.4. The van der Waals surface area contributed by atoms with E-state index in [0.29, 0.717) is 22.3 Å². The molecule has 150 valence electrons. The highest BCUT2D eigenvalue weighted by atomic mass is 35.5. The van der Waals surface area contributed by atoms with Crippen molar-refractivity contribution in [2.75, 3.05) is 0 Å². The van der Waals surface area contributed by atoms with E-state index in [2.05, 4.69) is 10.1 Å². The van der Waals surface area contributed by atoms with E-state index in [4.69, 9.17) is 20.9 Å². The number of halogens is 1. The average Bonchev–Trinajstić information content (AvgIpc) is 3.17. The molecule has 1 unspecified atom stereocenters. The van der Waals surface area contributed by atoms with E-state index >= 15 is 0 Å². The molecule has 29 heavy (non-hydrogen) atoms. The zero-order valence-corrected chi connectivity index (χ0v) is 17.2. The predicted molar refractivity (Wildman–Crippen MR) is 109 cm³/mol. The molecule has 0 aliphatic heterocycles. The summed E-state index contributed by atoms with van der Waals surface area (Å²) >= 11 is 5.87. The number of esters is 1. The first-order chi connectivity index (χ1) is 13.8. The van der Waals surface area contributed by atoms with Crippen LogP contribution < -0.4 is 0 Å². The summed E-state index contributed by atoms with van der Waals surface area (Å²) in [7, 11) is 0. The number of carbonyl (C=O) groups excluding carboxylic acids is 2. The Balaban J connectivity index is 1.53. The maximum Gasteiger partial charge on any atom is 0.307 e. The van der Waals surface area contributed by atoms with Gasteiger partial charge in [-0.25, -0.2) is 0 Å². The van der Waals surface area contributed by atoms with Crippen LogP contribution >= 0.6 is 11.6 Å². The van der Waals surface area contributed by atoms with E-state index < -0.39 is 12.1 Å². The van der Waals surface area contributed by atoms with Crippen LogP contribution in [0.15, 0.2) is 47.0 Å². The van der Waals surface area contributed by atoms with Gasteiger partial charge in [0.25, 0.3) is 0 Å². The van der Waals surface area contributed by atoms with Crippen molar-refractivity contribution < 1.29 is 18.8 Å². The number of hydrogen-bond donors (Lipinski definition) is 0. The van der Waals surface area contributed by atoms with E-state index in [1.54, 1.807) is 43.3 Å². The standard InChI is InChI=1S/C22H21ClN2O4/c1-13-4-5-17(12-14(13)2)21(27)15(3)28-20(26)11-10-19-24-22(25-29-19)16-6-8-18(23)9-7-16/h4-9,12,15H,10-11H2,1-3H3. The third-order valence-electron chi connectivity index (χ3n) is 4.58. The van der Waals surface area contributed by atoms with Gasteiger partial charge in [-0.2, -0.15) is 4.98 Å². The Bertz CT molecular complexity index is 1030.